The van der Waals surface area contributed by atoms with Gasteiger partial charge in [-0.1, -0.05) is 12.1 Å². The molecule has 0 bridgehead atoms. The molecule has 0 radical (unpaired) electrons. The van der Waals surface area contributed by atoms with Gasteiger partial charge in [0, 0.05) is 22.3 Å². The van der Waals surface area contributed by atoms with Gasteiger partial charge in [0.05, 0.1) is 36.2 Å². The summed E-state index contributed by atoms with van der Waals surface area (Å²) in [7, 11) is 0. The van der Waals surface area contributed by atoms with Gasteiger partial charge in [-0.05, 0) is 58.9 Å². The van der Waals surface area contributed by atoms with E-state index >= 15 is 0 Å². The summed E-state index contributed by atoms with van der Waals surface area (Å²) >= 11 is 1.19. The molecule has 0 saturated heterocycles. The van der Waals surface area contributed by atoms with Gasteiger partial charge in [0.2, 0.25) is 5.91 Å². The molecule has 2 amide bonds. The van der Waals surface area contributed by atoms with Crippen molar-refractivity contribution in [3.63, 3.8) is 0 Å². The molecule has 0 spiro atoms. The molecule has 4 aromatic rings. The maximum Gasteiger partial charge on any atom is 0.263 e. The molecule has 3 aromatic heterocycles. The molecule has 200 valence electrons. The first-order valence-electron chi connectivity index (χ1n) is 12.1. The number of carbonyl (C=O) groups excluding carboxylic acids is 2. The number of hydrogen-bond donors (Lipinski definition) is 5. The van der Waals surface area contributed by atoms with Gasteiger partial charge in [-0.3, -0.25) is 9.59 Å². The number of hydrogen-bond acceptors (Lipinski definition) is 9. The third-order valence-corrected chi connectivity index (χ3v) is 6.67. The quantitative estimate of drug-likeness (QED) is 0.226. The van der Waals surface area contributed by atoms with E-state index in [0.29, 0.717) is 43.6 Å². The summed E-state index contributed by atoms with van der Waals surface area (Å²) < 4.78 is 5.54. The lowest BCUT2D eigenvalue weighted by Gasteiger charge is -2.23. The van der Waals surface area contributed by atoms with Crippen molar-refractivity contribution >= 4 is 44.7 Å². The number of carbonyl (C=O) groups is 2. The Morgan fingerprint density at radius 2 is 1.87 bits per heavy atom. The summed E-state index contributed by atoms with van der Waals surface area (Å²) in [5.74, 6) is 0.279. The van der Waals surface area contributed by atoms with Crippen LogP contribution in [0.1, 0.15) is 44.3 Å². The minimum atomic E-state index is -0.582. The maximum absolute atomic E-state index is 13.0. The Hall–Kier alpha value is -3.80. The fraction of sp³-hybridized carbons (Fsp3) is 0.333. The molecule has 38 heavy (non-hydrogen) atoms. The normalized spacial score (nSPS) is 12.1. The molecule has 3 heterocycles. The smallest absolute Gasteiger partial charge is 0.263 e. The predicted octanol–water partition coefficient (Wildman–Crippen LogP) is 4.03. The zero-order valence-corrected chi connectivity index (χ0v) is 22.8. The number of aliphatic hydroxyl groups excluding tert-OH is 1. The van der Waals surface area contributed by atoms with Crippen LogP contribution in [0.4, 0.5) is 11.4 Å². The third kappa shape index (κ3) is 6.18. The lowest BCUT2D eigenvalue weighted by molar-refractivity contribution is -0.115. The number of nitrogens with zero attached hydrogens (tertiary/aromatic N) is 2. The first-order valence-corrected chi connectivity index (χ1v) is 12.9. The Balaban J connectivity index is 1.76. The summed E-state index contributed by atoms with van der Waals surface area (Å²) in [6.45, 7) is 9.23. The number of aromatic nitrogens is 2. The van der Waals surface area contributed by atoms with Crippen LogP contribution < -0.4 is 21.7 Å². The Bertz CT molecular complexity index is 1470. The monoisotopic (exact) mass is 536 g/mol. The maximum atomic E-state index is 13.0. The van der Waals surface area contributed by atoms with Gasteiger partial charge in [-0.15, -0.1) is 11.3 Å². The second-order valence-electron chi connectivity index (χ2n) is 10.6. The number of benzene rings is 1. The molecular weight excluding hydrogens is 504 g/mol. The second-order valence-corrected chi connectivity index (χ2v) is 11.6. The molecular formula is C27H32N6O4S. The van der Waals surface area contributed by atoms with Crippen molar-refractivity contribution in [2.45, 2.75) is 45.7 Å². The minimum absolute atomic E-state index is 0.0297. The Morgan fingerprint density at radius 3 is 2.53 bits per heavy atom. The number of nitrogens with one attached hydrogen (secondary N) is 3. The predicted molar refractivity (Wildman–Crippen MR) is 150 cm³/mol. The molecule has 0 atom stereocenters. The largest absolute Gasteiger partial charge is 0.461 e. The zero-order chi connectivity index (χ0) is 27.7. The number of anilines is 2. The van der Waals surface area contributed by atoms with Gasteiger partial charge in [0.1, 0.15) is 9.71 Å². The van der Waals surface area contributed by atoms with Crippen LogP contribution in [0.5, 0.6) is 0 Å². The van der Waals surface area contributed by atoms with Crippen LogP contribution in [-0.4, -0.2) is 51.1 Å². The van der Waals surface area contributed by atoms with Crippen LogP contribution in [0.3, 0.4) is 0 Å². The second kappa shape index (κ2) is 10.5. The van der Waals surface area contributed by atoms with E-state index in [1.165, 1.54) is 17.6 Å². The topological polar surface area (TPSA) is 155 Å². The highest BCUT2D eigenvalue weighted by atomic mass is 32.1. The van der Waals surface area contributed by atoms with Gasteiger partial charge >= 0.3 is 0 Å². The molecule has 0 saturated carbocycles. The number of thiophene rings is 1. The summed E-state index contributed by atoms with van der Waals surface area (Å²) in [5.41, 5.74) is 7.54. The average molecular weight is 537 g/mol. The van der Waals surface area contributed by atoms with Gasteiger partial charge in [-0.25, -0.2) is 9.97 Å². The lowest BCUT2D eigenvalue weighted by atomic mass is 10.1. The van der Waals surface area contributed by atoms with Gasteiger partial charge in [-0.2, -0.15) is 0 Å². The van der Waals surface area contributed by atoms with E-state index < -0.39 is 11.1 Å². The van der Waals surface area contributed by atoms with Crippen molar-refractivity contribution in [1.29, 1.82) is 0 Å². The molecule has 11 heteroatoms. The van der Waals surface area contributed by atoms with Crippen LogP contribution in [0.25, 0.3) is 33.1 Å². The number of nitrogens with two attached hydrogens (primary N) is 1. The Kier molecular flexibility index (Phi) is 7.54. The van der Waals surface area contributed by atoms with Crippen molar-refractivity contribution in [2.75, 3.05) is 24.2 Å². The molecule has 0 aliphatic carbocycles. The molecule has 10 nitrogen and oxygen atoms in total. The molecule has 0 fully saturated rings. The fourth-order valence-corrected chi connectivity index (χ4v) is 4.63. The van der Waals surface area contributed by atoms with Gasteiger partial charge < -0.3 is 31.2 Å². The molecule has 0 aliphatic rings. The van der Waals surface area contributed by atoms with E-state index in [-0.39, 0.29) is 30.7 Å². The molecule has 4 rings (SSSR count). The van der Waals surface area contributed by atoms with E-state index in [1.54, 1.807) is 44.2 Å². The van der Waals surface area contributed by atoms with Crippen molar-refractivity contribution < 1.29 is 19.1 Å². The van der Waals surface area contributed by atoms with Gasteiger partial charge in [0.15, 0.2) is 11.6 Å². The first-order chi connectivity index (χ1) is 17.9. The number of aliphatic hydroxyl groups is 1. The van der Waals surface area contributed by atoms with Crippen LogP contribution in [0, 0.1) is 0 Å². The summed E-state index contributed by atoms with van der Waals surface area (Å²) in [4.78, 5) is 35.9. The highest BCUT2D eigenvalue weighted by Gasteiger charge is 2.25. The van der Waals surface area contributed by atoms with Crippen molar-refractivity contribution in [2.24, 2.45) is 0 Å². The Labute approximate surface area is 224 Å². The molecule has 0 unspecified atom stereocenters. The summed E-state index contributed by atoms with van der Waals surface area (Å²) in [6, 6.07) is 10.7. The van der Waals surface area contributed by atoms with Crippen LogP contribution in [-0.2, 0) is 4.79 Å². The van der Waals surface area contributed by atoms with E-state index in [1.807, 2.05) is 26.8 Å². The van der Waals surface area contributed by atoms with Crippen molar-refractivity contribution in [3.05, 3.63) is 47.5 Å². The molecule has 0 aliphatic heterocycles. The van der Waals surface area contributed by atoms with Gasteiger partial charge in [0.25, 0.3) is 5.91 Å². The molecule has 1 aromatic carbocycles. The van der Waals surface area contributed by atoms with E-state index in [9.17, 15) is 14.7 Å². The number of rotatable bonds is 8. The van der Waals surface area contributed by atoms with Crippen LogP contribution >= 0.6 is 11.3 Å². The lowest BCUT2D eigenvalue weighted by Crippen LogP contribution is -2.46. The van der Waals surface area contributed by atoms with E-state index in [4.69, 9.17) is 15.1 Å². The zero-order valence-electron chi connectivity index (χ0n) is 22.0. The van der Waals surface area contributed by atoms with Crippen molar-refractivity contribution in [1.82, 2.24) is 20.6 Å². The highest BCUT2D eigenvalue weighted by molar-refractivity contribution is 7.21. The number of nitrogen functional groups attached to an aromatic ring is 1. The summed E-state index contributed by atoms with van der Waals surface area (Å²) in [6.07, 6.45) is 1.54. The molecule has 6 N–H and O–H groups in total. The van der Waals surface area contributed by atoms with E-state index in [0.717, 1.165) is 0 Å². The summed E-state index contributed by atoms with van der Waals surface area (Å²) in [5, 5.41) is 18.8. The van der Waals surface area contributed by atoms with Crippen LogP contribution in [0.15, 0.2) is 47.1 Å². The number of amides is 2. The number of furan rings is 1. The SMILES string of the molecule is CC(C)(C)NC(=O)c1sc2nc(-c3ccco3)nc(-c3cccc(NC(=O)CNC(C)(C)CO)c3)c2c1N. The number of fused-ring (bicyclic) bond motifs is 1. The first kappa shape index (κ1) is 27.2. The highest BCUT2D eigenvalue weighted by Crippen LogP contribution is 2.40. The third-order valence-electron chi connectivity index (χ3n) is 5.57. The van der Waals surface area contributed by atoms with Crippen molar-refractivity contribution in [3.8, 4) is 22.8 Å². The standard InChI is InChI=1S/C27H32N6O4S/c1-26(2,3)33-24(36)22-20(28)19-21(31-23(32-25(19)38-22)17-10-7-11-37-17)15-8-6-9-16(12-15)30-18(35)13-29-27(4,5)14-34/h6-12,29,34H,13-14,28H2,1-5H3,(H,30,35)(H,33,36). The average Bonchev–Trinajstić information content (AvgIpc) is 3.50. The van der Waals surface area contributed by atoms with Crippen LogP contribution in [0.2, 0.25) is 0 Å². The minimum Gasteiger partial charge on any atom is -0.461 e. The van der Waals surface area contributed by atoms with E-state index in [2.05, 4.69) is 20.9 Å². The fourth-order valence-electron chi connectivity index (χ4n) is 3.64. The Morgan fingerprint density at radius 1 is 1.11 bits per heavy atom.